The molecule has 3 aliphatic heterocycles. The summed E-state index contributed by atoms with van der Waals surface area (Å²) in [5.41, 5.74) is 8.94. The molecule has 3 fully saturated rings. The molecule has 3 heterocycles. The summed E-state index contributed by atoms with van der Waals surface area (Å²) >= 11 is 6.09. The molecule has 4 N–H and O–H groups in total. The minimum atomic E-state index is -0.00921. The van der Waals surface area contributed by atoms with Crippen molar-refractivity contribution in [3.05, 3.63) is 70.2 Å². The zero-order valence-electron chi connectivity index (χ0n) is 18.7. The van der Waals surface area contributed by atoms with Crippen molar-refractivity contribution < 1.29 is 10.2 Å². The van der Waals surface area contributed by atoms with Gasteiger partial charge in [-0.3, -0.25) is 20.8 Å². The van der Waals surface area contributed by atoms with E-state index in [0.29, 0.717) is 30.3 Å². The number of amidine groups is 1. The van der Waals surface area contributed by atoms with E-state index in [0.717, 1.165) is 22.7 Å². The van der Waals surface area contributed by atoms with Gasteiger partial charge in [0.05, 0.1) is 11.5 Å². The summed E-state index contributed by atoms with van der Waals surface area (Å²) in [4.78, 5) is 18.8. The normalized spacial score (nSPS) is 29.6. The number of amides is 1. The Hall–Kier alpha value is -2.37. The first-order valence-corrected chi connectivity index (χ1v) is 12.0. The van der Waals surface area contributed by atoms with Gasteiger partial charge >= 0.3 is 0 Å². The fraction of sp³-hybridized carbons (Fsp3) is 0.462. The molecular formula is C26H32ClN4O+. The topological polar surface area (TPSA) is 75.2 Å². The van der Waals surface area contributed by atoms with Crippen LogP contribution in [-0.2, 0) is 11.3 Å². The predicted molar refractivity (Wildman–Crippen MR) is 127 cm³/mol. The zero-order chi connectivity index (χ0) is 22.6. The Labute approximate surface area is 195 Å². The average molecular weight is 452 g/mol. The standard InChI is InChI=1S/C26H31ClN4O/c1-15(2)23-21-20-4-3-13-30(20)24(17-7-9-18(10-8-17)25(28)29)22(21)26(32)31(23)14-16-5-11-19(27)12-6-16/h5-12,15,20-24H,3-4,13-14H2,1-2H3,(H3,28,29)/p+1/t20-,21-,22-,23+,24-/m0/s1. The quantitative estimate of drug-likeness (QED) is 0.542. The monoisotopic (exact) mass is 451 g/mol. The second kappa shape index (κ2) is 8.20. The average Bonchev–Trinajstić information content (AvgIpc) is 3.42. The number of fused-ring (bicyclic) bond motifs is 3. The summed E-state index contributed by atoms with van der Waals surface area (Å²) in [5, 5.41) is 6.50. The lowest BCUT2D eigenvalue weighted by atomic mass is 9.79. The third kappa shape index (κ3) is 3.43. The predicted octanol–water partition coefficient (Wildman–Crippen LogP) is 2.62. The van der Waals surface area contributed by atoms with Crippen molar-refractivity contribution in [2.24, 2.45) is 23.5 Å². The first-order valence-electron chi connectivity index (χ1n) is 11.7. The largest absolute Gasteiger partial charge is 0.334 e. The number of carbonyl (C=O) groups is 1. The Morgan fingerprint density at radius 2 is 1.84 bits per heavy atom. The summed E-state index contributed by atoms with van der Waals surface area (Å²) in [7, 11) is 0. The number of nitrogens with zero attached hydrogens (tertiary/aromatic N) is 2. The highest BCUT2D eigenvalue weighted by atomic mass is 35.5. The maximum absolute atomic E-state index is 14.0. The SMILES string of the molecule is CC(C)[C@@H]1[C@@H]2[C@H](C(=O)N1Cc1ccc(Cl)cc1)[C@H](c1ccc(C(N)=[NH2+])cc1)N1CCC[C@@H]21. The number of halogens is 1. The van der Waals surface area contributed by atoms with E-state index < -0.39 is 0 Å². The van der Waals surface area contributed by atoms with E-state index in [2.05, 4.69) is 35.8 Å². The number of hydrogen-bond donors (Lipinski definition) is 2. The Kier molecular flexibility index (Phi) is 5.50. The Morgan fingerprint density at radius 1 is 1.16 bits per heavy atom. The number of hydrogen-bond acceptors (Lipinski definition) is 2. The van der Waals surface area contributed by atoms with Crippen LogP contribution in [0.15, 0.2) is 48.5 Å². The molecule has 168 valence electrons. The number of rotatable bonds is 5. The Balaban J connectivity index is 1.52. The molecule has 1 amide bonds. The van der Waals surface area contributed by atoms with Gasteiger partial charge in [-0.05, 0) is 60.7 Å². The van der Waals surface area contributed by atoms with Crippen LogP contribution in [0.4, 0.5) is 0 Å². The van der Waals surface area contributed by atoms with Gasteiger partial charge in [0.15, 0.2) is 0 Å². The molecule has 0 radical (unpaired) electrons. The van der Waals surface area contributed by atoms with Gasteiger partial charge in [0.25, 0.3) is 5.84 Å². The van der Waals surface area contributed by atoms with E-state index >= 15 is 0 Å². The number of carbonyl (C=O) groups excluding carboxylic acids is 1. The van der Waals surface area contributed by atoms with E-state index in [-0.39, 0.29) is 23.9 Å². The third-order valence-corrected chi connectivity index (χ3v) is 8.01. The van der Waals surface area contributed by atoms with Crippen LogP contribution in [0.25, 0.3) is 0 Å². The molecule has 5 atom stereocenters. The summed E-state index contributed by atoms with van der Waals surface area (Å²) in [6.07, 6.45) is 2.37. The van der Waals surface area contributed by atoms with Crippen molar-refractivity contribution in [1.29, 1.82) is 0 Å². The van der Waals surface area contributed by atoms with Crippen LogP contribution >= 0.6 is 11.6 Å². The van der Waals surface area contributed by atoms with Crippen LogP contribution < -0.4 is 11.1 Å². The van der Waals surface area contributed by atoms with Crippen LogP contribution in [0.3, 0.4) is 0 Å². The lowest BCUT2D eigenvalue weighted by Crippen LogP contribution is -2.46. The molecule has 0 bridgehead atoms. The van der Waals surface area contributed by atoms with Gasteiger partial charge in [-0.25, -0.2) is 0 Å². The van der Waals surface area contributed by atoms with E-state index in [9.17, 15) is 4.79 Å². The second-order valence-electron chi connectivity index (χ2n) is 9.90. The van der Waals surface area contributed by atoms with Crippen LogP contribution in [0.1, 0.15) is 49.4 Å². The maximum Gasteiger partial charge on any atom is 0.270 e. The zero-order valence-corrected chi connectivity index (χ0v) is 19.5. The molecule has 5 rings (SSSR count). The molecule has 5 nitrogen and oxygen atoms in total. The lowest BCUT2D eigenvalue weighted by Gasteiger charge is -2.35. The van der Waals surface area contributed by atoms with Crippen molar-refractivity contribution in [3.8, 4) is 0 Å². The van der Waals surface area contributed by atoms with Gasteiger partial charge in [-0.1, -0.05) is 49.7 Å². The van der Waals surface area contributed by atoms with Gasteiger partial charge in [0.2, 0.25) is 5.91 Å². The lowest BCUT2D eigenvalue weighted by molar-refractivity contribution is -0.134. The van der Waals surface area contributed by atoms with Crippen LogP contribution in [0.2, 0.25) is 5.02 Å². The molecule has 0 aliphatic carbocycles. The van der Waals surface area contributed by atoms with Gasteiger partial charge in [-0.2, -0.15) is 0 Å². The second-order valence-corrected chi connectivity index (χ2v) is 10.3. The summed E-state index contributed by atoms with van der Waals surface area (Å²) < 4.78 is 0. The maximum atomic E-state index is 14.0. The number of benzene rings is 2. The molecule has 0 unspecified atom stereocenters. The Morgan fingerprint density at radius 3 is 2.47 bits per heavy atom. The van der Waals surface area contributed by atoms with E-state index in [4.69, 9.17) is 22.7 Å². The molecule has 6 heteroatoms. The molecule has 2 aromatic carbocycles. The third-order valence-electron chi connectivity index (χ3n) is 7.76. The van der Waals surface area contributed by atoms with Gasteiger partial charge in [-0.15, -0.1) is 0 Å². The number of nitrogens with two attached hydrogens (primary N) is 2. The van der Waals surface area contributed by atoms with Gasteiger partial charge < -0.3 is 4.90 Å². The van der Waals surface area contributed by atoms with Crippen molar-refractivity contribution in [2.45, 2.75) is 51.4 Å². The first kappa shape index (κ1) is 21.5. The summed E-state index contributed by atoms with van der Waals surface area (Å²) in [6.45, 7) is 6.22. The molecule has 32 heavy (non-hydrogen) atoms. The smallest absolute Gasteiger partial charge is 0.270 e. The molecule has 3 saturated heterocycles. The highest BCUT2D eigenvalue weighted by Gasteiger charge is 2.62. The fourth-order valence-corrected chi connectivity index (χ4v) is 6.69. The molecular weight excluding hydrogens is 420 g/mol. The van der Waals surface area contributed by atoms with Gasteiger partial charge in [0.1, 0.15) is 0 Å². The summed E-state index contributed by atoms with van der Waals surface area (Å²) in [6, 6.07) is 16.9. The highest BCUT2D eigenvalue weighted by molar-refractivity contribution is 6.30. The van der Waals surface area contributed by atoms with E-state index in [1.165, 1.54) is 18.4 Å². The fourth-order valence-electron chi connectivity index (χ4n) is 6.56. The summed E-state index contributed by atoms with van der Waals surface area (Å²) in [5.74, 6) is 1.36. The van der Waals surface area contributed by atoms with Crippen LogP contribution in [-0.4, -0.2) is 40.2 Å². The molecule has 3 aliphatic rings. The molecule has 0 aromatic heterocycles. The molecule has 0 saturated carbocycles. The van der Waals surface area contributed by atoms with Gasteiger partial charge in [0, 0.05) is 35.6 Å². The molecule has 0 spiro atoms. The van der Waals surface area contributed by atoms with Crippen molar-refractivity contribution in [1.82, 2.24) is 9.80 Å². The van der Waals surface area contributed by atoms with Crippen molar-refractivity contribution in [2.75, 3.05) is 6.54 Å². The van der Waals surface area contributed by atoms with E-state index in [1.807, 2.05) is 36.4 Å². The van der Waals surface area contributed by atoms with Crippen molar-refractivity contribution in [3.63, 3.8) is 0 Å². The van der Waals surface area contributed by atoms with Crippen molar-refractivity contribution >= 4 is 23.3 Å². The first-order chi connectivity index (χ1) is 15.4. The van der Waals surface area contributed by atoms with Crippen LogP contribution in [0.5, 0.6) is 0 Å². The highest BCUT2D eigenvalue weighted by Crippen LogP contribution is 2.56. The molecule has 2 aromatic rings. The Bertz CT molecular complexity index is 1020. The minimum absolute atomic E-state index is 0.00921. The number of likely N-dealkylation sites (tertiary alicyclic amines) is 1. The van der Waals surface area contributed by atoms with E-state index in [1.54, 1.807) is 0 Å². The van der Waals surface area contributed by atoms with Crippen LogP contribution in [0, 0.1) is 17.8 Å². The minimum Gasteiger partial charge on any atom is -0.334 e.